The zero-order valence-corrected chi connectivity index (χ0v) is 12.5. The van der Waals surface area contributed by atoms with Gasteiger partial charge in [0, 0.05) is 4.47 Å². The van der Waals surface area contributed by atoms with Crippen molar-refractivity contribution in [3.8, 4) is 11.5 Å². The van der Waals surface area contributed by atoms with E-state index in [0.29, 0.717) is 5.75 Å². The van der Waals surface area contributed by atoms with Crippen LogP contribution in [0.15, 0.2) is 40.9 Å². The molecule has 7 heteroatoms. The van der Waals surface area contributed by atoms with Gasteiger partial charge in [0.2, 0.25) is 0 Å². The van der Waals surface area contributed by atoms with Crippen LogP contribution < -0.4 is 4.74 Å². The van der Waals surface area contributed by atoms with Crippen LogP contribution in [0.3, 0.4) is 0 Å². The molecule has 0 fully saturated rings. The van der Waals surface area contributed by atoms with Gasteiger partial charge in [-0.1, -0.05) is 15.9 Å². The molecular weight excluding hydrogens is 342 g/mol. The van der Waals surface area contributed by atoms with E-state index in [-0.39, 0.29) is 11.3 Å². The molecule has 0 aliphatic rings. The molecule has 0 aliphatic heterocycles. The molecule has 0 aromatic heterocycles. The molecule has 108 valence electrons. The molecule has 1 N–H and O–H groups in total. The number of carboxylic acid groups (broad SMARTS) is 1. The van der Waals surface area contributed by atoms with Crippen LogP contribution in [0.5, 0.6) is 11.5 Å². The SMILES string of the molecule is Cc1cc(Br)ccc1Oc1ccc(C(=O)O)c([N+](=O)[O-])c1. The summed E-state index contributed by atoms with van der Waals surface area (Å²) in [7, 11) is 0. The molecule has 0 radical (unpaired) electrons. The molecule has 2 aromatic carbocycles. The first-order valence-electron chi connectivity index (χ1n) is 5.84. The van der Waals surface area contributed by atoms with Crippen molar-refractivity contribution in [2.75, 3.05) is 0 Å². The number of carboxylic acids is 1. The average molecular weight is 352 g/mol. The maximum Gasteiger partial charge on any atom is 0.342 e. The first kappa shape index (κ1) is 15.0. The molecule has 0 unspecified atom stereocenters. The van der Waals surface area contributed by atoms with Gasteiger partial charge in [0.05, 0.1) is 11.0 Å². The van der Waals surface area contributed by atoms with Crippen LogP contribution in [-0.4, -0.2) is 16.0 Å². The van der Waals surface area contributed by atoms with Crippen LogP contribution in [0, 0.1) is 17.0 Å². The Labute approximate surface area is 128 Å². The van der Waals surface area contributed by atoms with Crippen molar-refractivity contribution in [1.29, 1.82) is 0 Å². The quantitative estimate of drug-likeness (QED) is 0.659. The molecule has 21 heavy (non-hydrogen) atoms. The topological polar surface area (TPSA) is 89.7 Å². The van der Waals surface area contributed by atoms with Crippen molar-refractivity contribution < 1.29 is 19.6 Å². The Morgan fingerprint density at radius 3 is 2.57 bits per heavy atom. The van der Waals surface area contributed by atoms with E-state index in [0.717, 1.165) is 22.2 Å². The number of aryl methyl sites for hydroxylation is 1. The van der Waals surface area contributed by atoms with Gasteiger partial charge in [-0.15, -0.1) is 0 Å². The predicted molar refractivity (Wildman–Crippen MR) is 79.0 cm³/mol. The van der Waals surface area contributed by atoms with Crippen molar-refractivity contribution in [3.63, 3.8) is 0 Å². The lowest BCUT2D eigenvalue weighted by Gasteiger charge is -2.09. The van der Waals surface area contributed by atoms with E-state index in [1.807, 2.05) is 13.0 Å². The molecule has 0 bridgehead atoms. The minimum atomic E-state index is -1.35. The molecule has 0 saturated carbocycles. The Bertz CT molecular complexity index is 729. The molecule has 2 rings (SSSR count). The van der Waals surface area contributed by atoms with Gasteiger partial charge in [0.15, 0.2) is 0 Å². The Kier molecular flexibility index (Phi) is 4.23. The Balaban J connectivity index is 2.39. The summed E-state index contributed by atoms with van der Waals surface area (Å²) in [6.07, 6.45) is 0. The monoisotopic (exact) mass is 351 g/mol. The highest BCUT2D eigenvalue weighted by Crippen LogP contribution is 2.31. The summed E-state index contributed by atoms with van der Waals surface area (Å²) in [6.45, 7) is 1.83. The number of hydrogen-bond acceptors (Lipinski definition) is 4. The van der Waals surface area contributed by atoms with Crippen molar-refractivity contribution in [1.82, 2.24) is 0 Å². The van der Waals surface area contributed by atoms with E-state index in [9.17, 15) is 14.9 Å². The number of aromatic carboxylic acids is 1. The number of rotatable bonds is 4. The van der Waals surface area contributed by atoms with E-state index in [4.69, 9.17) is 9.84 Å². The van der Waals surface area contributed by atoms with Crippen LogP contribution >= 0.6 is 15.9 Å². The van der Waals surface area contributed by atoms with Gasteiger partial charge < -0.3 is 9.84 Å². The summed E-state index contributed by atoms with van der Waals surface area (Å²) in [5.41, 5.74) is -0.0380. The van der Waals surface area contributed by atoms with Gasteiger partial charge >= 0.3 is 5.97 Å². The fourth-order valence-electron chi connectivity index (χ4n) is 1.76. The lowest BCUT2D eigenvalue weighted by atomic mass is 10.1. The molecule has 0 atom stereocenters. The van der Waals surface area contributed by atoms with Gasteiger partial charge in [0.1, 0.15) is 17.1 Å². The Morgan fingerprint density at radius 1 is 1.29 bits per heavy atom. The second-order valence-electron chi connectivity index (χ2n) is 4.25. The normalized spacial score (nSPS) is 10.2. The number of carbonyl (C=O) groups is 1. The lowest BCUT2D eigenvalue weighted by molar-refractivity contribution is -0.385. The van der Waals surface area contributed by atoms with Crippen LogP contribution in [0.1, 0.15) is 15.9 Å². The zero-order valence-electron chi connectivity index (χ0n) is 10.9. The van der Waals surface area contributed by atoms with Crippen molar-refractivity contribution in [2.45, 2.75) is 6.92 Å². The number of nitro groups is 1. The predicted octanol–water partition coefficient (Wildman–Crippen LogP) is 4.16. The summed E-state index contributed by atoms with van der Waals surface area (Å²) in [4.78, 5) is 21.1. The van der Waals surface area contributed by atoms with E-state index in [1.165, 1.54) is 6.07 Å². The van der Waals surface area contributed by atoms with Crippen LogP contribution in [0.4, 0.5) is 5.69 Å². The second kappa shape index (κ2) is 5.92. The third-order valence-corrected chi connectivity index (χ3v) is 3.25. The zero-order chi connectivity index (χ0) is 15.6. The standard InChI is InChI=1S/C14H10BrNO5/c1-8-6-9(15)2-5-13(8)21-10-3-4-11(14(17)18)12(7-10)16(19)20/h2-7H,1H3,(H,17,18). The van der Waals surface area contributed by atoms with Crippen molar-refractivity contribution in [2.24, 2.45) is 0 Å². The number of nitro benzene ring substituents is 1. The summed E-state index contributed by atoms with van der Waals surface area (Å²) in [6, 6.07) is 8.99. The molecular formula is C14H10BrNO5. The molecule has 0 amide bonds. The molecule has 0 heterocycles. The molecule has 6 nitrogen and oxygen atoms in total. The van der Waals surface area contributed by atoms with Crippen LogP contribution in [0.25, 0.3) is 0 Å². The number of ether oxygens (including phenoxy) is 1. The van der Waals surface area contributed by atoms with Gasteiger partial charge in [0.25, 0.3) is 5.69 Å². The number of hydrogen-bond donors (Lipinski definition) is 1. The maximum absolute atomic E-state index is 10.9. The lowest BCUT2D eigenvalue weighted by Crippen LogP contribution is -2.02. The fourth-order valence-corrected chi connectivity index (χ4v) is 2.24. The smallest absolute Gasteiger partial charge is 0.342 e. The summed E-state index contributed by atoms with van der Waals surface area (Å²) < 4.78 is 6.46. The van der Waals surface area contributed by atoms with Gasteiger partial charge in [-0.2, -0.15) is 0 Å². The third-order valence-electron chi connectivity index (χ3n) is 2.76. The minimum Gasteiger partial charge on any atom is -0.477 e. The second-order valence-corrected chi connectivity index (χ2v) is 5.17. The largest absolute Gasteiger partial charge is 0.477 e. The van der Waals surface area contributed by atoms with Gasteiger partial charge in [-0.25, -0.2) is 4.79 Å². The average Bonchev–Trinajstić information content (AvgIpc) is 2.41. The summed E-state index contributed by atoms with van der Waals surface area (Å²) in [5, 5.41) is 19.8. The van der Waals surface area contributed by atoms with Crippen molar-refractivity contribution >= 4 is 27.6 Å². The highest BCUT2D eigenvalue weighted by molar-refractivity contribution is 9.10. The highest BCUT2D eigenvalue weighted by Gasteiger charge is 2.20. The first-order valence-corrected chi connectivity index (χ1v) is 6.63. The summed E-state index contributed by atoms with van der Waals surface area (Å²) >= 11 is 3.33. The number of halogens is 1. The minimum absolute atomic E-state index is 0.206. The Hall–Kier alpha value is -2.41. The van der Waals surface area contributed by atoms with E-state index in [1.54, 1.807) is 12.1 Å². The number of benzene rings is 2. The first-order chi connectivity index (χ1) is 9.88. The third kappa shape index (κ3) is 3.38. The number of nitrogens with zero attached hydrogens (tertiary/aromatic N) is 1. The molecule has 0 aliphatic carbocycles. The molecule has 0 spiro atoms. The van der Waals surface area contributed by atoms with Gasteiger partial charge in [-0.05, 0) is 42.8 Å². The van der Waals surface area contributed by atoms with E-state index in [2.05, 4.69) is 15.9 Å². The Morgan fingerprint density at radius 2 is 2.00 bits per heavy atom. The van der Waals surface area contributed by atoms with E-state index >= 15 is 0 Å². The van der Waals surface area contributed by atoms with Crippen LogP contribution in [0.2, 0.25) is 0 Å². The van der Waals surface area contributed by atoms with Gasteiger partial charge in [-0.3, -0.25) is 10.1 Å². The van der Waals surface area contributed by atoms with Crippen LogP contribution in [-0.2, 0) is 0 Å². The molecule has 0 saturated heterocycles. The van der Waals surface area contributed by atoms with Crippen molar-refractivity contribution in [3.05, 3.63) is 62.1 Å². The van der Waals surface area contributed by atoms with E-state index < -0.39 is 16.6 Å². The maximum atomic E-state index is 10.9. The highest BCUT2D eigenvalue weighted by atomic mass is 79.9. The fraction of sp³-hybridized carbons (Fsp3) is 0.0714. The summed E-state index contributed by atoms with van der Waals surface area (Å²) in [5.74, 6) is -0.610. The molecule has 2 aromatic rings.